The Hall–Kier alpha value is -1.71. The van der Waals surface area contributed by atoms with Crippen LogP contribution in [0.25, 0.3) is 0 Å². The maximum absolute atomic E-state index is 10.4. The standard InChI is InChI=1S/C9H10N2O2/c1-2-9(10)7-4-3-5-8(6-7)11(12)13/h3-6,10H,2H2,1H3. The highest BCUT2D eigenvalue weighted by molar-refractivity contribution is 5.98. The van der Waals surface area contributed by atoms with E-state index in [1.54, 1.807) is 12.1 Å². The van der Waals surface area contributed by atoms with E-state index in [-0.39, 0.29) is 5.69 Å². The molecule has 0 saturated carbocycles. The van der Waals surface area contributed by atoms with Crippen molar-refractivity contribution >= 4 is 11.4 Å². The number of non-ortho nitro benzene ring substituents is 1. The van der Waals surface area contributed by atoms with E-state index in [1.165, 1.54) is 12.1 Å². The van der Waals surface area contributed by atoms with Gasteiger partial charge in [-0.15, -0.1) is 0 Å². The van der Waals surface area contributed by atoms with Crippen LogP contribution < -0.4 is 0 Å². The number of nitro groups is 1. The van der Waals surface area contributed by atoms with Crippen molar-refractivity contribution in [3.05, 3.63) is 39.9 Å². The zero-order valence-electron chi connectivity index (χ0n) is 7.28. The molecule has 0 saturated heterocycles. The maximum atomic E-state index is 10.4. The summed E-state index contributed by atoms with van der Waals surface area (Å²) in [6.45, 7) is 1.85. The van der Waals surface area contributed by atoms with Crippen molar-refractivity contribution in [2.75, 3.05) is 0 Å². The molecule has 13 heavy (non-hydrogen) atoms. The summed E-state index contributed by atoms with van der Waals surface area (Å²) >= 11 is 0. The highest BCUT2D eigenvalue weighted by atomic mass is 16.6. The second kappa shape index (κ2) is 3.80. The molecule has 0 unspecified atom stereocenters. The molecule has 1 N–H and O–H groups in total. The van der Waals surface area contributed by atoms with Crippen LogP contribution in [0.1, 0.15) is 18.9 Å². The van der Waals surface area contributed by atoms with Crippen LogP contribution >= 0.6 is 0 Å². The second-order valence-electron chi connectivity index (χ2n) is 2.64. The molecule has 0 amide bonds. The van der Waals surface area contributed by atoms with Crippen molar-refractivity contribution in [3.63, 3.8) is 0 Å². The van der Waals surface area contributed by atoms with Gasteiger partial charge in [-0.3, -0.25) is 10.1 Å². The van der Waals surface area contributed by atoms with E-state index in [0.29, 0.717) is 17.7 Å². The molecule has 0 bridgehead atoms. The first-order valence-corrected chi connectivity index (χ1v) is 3.97. The number of benzene rings is 1. The summed E-state index contributed by atoms with van der Waals surface area (Å²) < 4.78 is 0. The summed E-state index contributed by atoms with van der Waals surface area (Å²) in [6.07, 6.45) is 0.584. The predicted octanol–water partition coefficient (Wildman–Crippen LogP) is 2.37. The van der Waals surface area contributed by atoms with E-state index in [4.69, 9.17) is 5.41 Å². The van der Waals surface area contributed by atoms with E-state index in [9.17, 15) is 10.1 Å². The van der Waals surface area contributed by atoms with Crippen molar-refractivity contribution in [2.24, 2.45) is 0 Å². The van der Waals surface area contributed by atoms with Gasteiger partial charge in [0.15, 0.2) is 0 Å². The van der Waals surface area contributed by atoms with Gasteiger partial charge in [-0.1, -0.05) is 19.1 Å². The molecule has 1 aromatic carbocycles. The number of nitrogens with one attached hydrogen (secondary N) is 1. The summed E-state index contributed by atoms with van der Waals surface area (Å²) in [5, 5.41) is 17.9. The molecule has 0 atom stereocenters. The molecule has 0 aliphatic carbocycles. The van der Waals surface area contributed by atoms with Gasteiger partial charge in [0.2, 0.25) is 0 Å². The minimum absolute atomic E-state index is 0.0377. The largest absolute Gasteiger partial charge is 0.305 e. The van der Waals surface area contributed by atoms with Crippen LogP contribution in [0.2, 0.25) is 0 Å². The molecular formula is C9H10N2O2. The lowest BCUT2D eigenvalue weighted by Gasteiger charge is -1.99. The summed E-state index contributed by atoms with van der Waals surface area (Å²) in [7, 11) is 0. The fourth-order valence-corrected chi connectivity index (χ4v) is 1.01. The van der Waals surface area contributed by atoms with Crippen molar-refractivity contribution < 1.29 is 4.92 Å². The summed E-state index contributed by atoms with van der Waals surface area (Å²) in [5.74, 6) is 0. The van der Waals surface area contributed by atoms with Crippen LogP contribution in [0.3, 0.4) is 0 Å². The van der Waals surface area contributed by atoms with Gasteiger partial charge in [0, 0.05) is 23.4 Å². The Morgan fingerprint density at radius 1 is 1.62 bits per heavy atom. The molecule has 4 heteroatoms. The third kappa shape index (κ3) is 2.11. The van der Waals surface area contributed by atoms with Crippen LogP contribution in [0.5, 0.6) is 0 Å². The zero-order chi connectivity index (χ0) is 9.84. The molecule has 1 aromatic rings. The normalized spacial score (nSPS) is 9.62. The lowest BCUT2D eigenvalue weighted by Crippen LogP contribution is -1.97. The SMILES string of the molecule is CCC(=N)c1cccc([N+](=O)[O-])c1. The van der Waals surface area contributed by atoms with Crippen LogP contribution in [-0.2, 0) is 0 Å². The van der Waals surface area contributed by atoms with Crippen molar-refractivity contribution in [3.8, 4) is 0 Å². The monoisotopic (exact) mass is 178 g/mol. The zero-order valence-corrected chi connectivity index (χ0v) is 7.28. The first kappa shape index (κ1) is 9.38. The first-order valence-electron chi connectivity index (χ1n) is 3.97. The van der Waals surface area contributed by atoms with Crippen LogP contribution in [0.15, 0.2) is 24.3 Å². The van der Waals surface area contributed by atoms with Crippen molar-refractivity contribution in [1.29, 1.82) is 5.41 Å². The molecule has 0 radical (unpaired) electrons. The third-order valence-corrected chi connectivity index (χ3v) is 1.76. The lowest BCUT2D eigenvalue weighted by molar-refractivity contribution is -0.384. The van der Waals surface area contributed by atoms with Gasteiger partial charge in [-0.25, -0.2) is 0 Å². The van der Waals surface area contributed by atoms with Crippen LogP contribution in [0.4, 0.5) is 5.69 Å². The molecule has 0 aliphatic heterocycles. The van der Waals surface area contributed by atoms with Crippen molar-refractivity contribution in [2.45, 2.75) is 13.3 Å². The Morgan fingerprint density at radius 2 is 2.31 bits per heavy atom. The third-order valence-electron chi connectivity index (χ3n) is 1.76. The van der Waals surface area contributed by atoms with Crippen molar-refractivity contribution in [1.82, 2.24) is 0 Å². The first-order chi connectivity index (χ1) is 6.15. The van der Waals surface area contributed by atoms with E-state index >= 15 is 0 Å². The fourth-order valence-electron chi connectivity index (χ4n) is 1.01. The van der Waals surface area contributed by atoms with E-state index in [2.05, 4.69) is 0 Å². The molecular weight excluding hydrogens is 168 g/mol. The lowest BCUT2D eigenvalue weighted by atomic mass is 10.1. The number of nitrogens with zero attached hydrogens (tertiary/aromatic N) is 1. The van der Waals surface area contributed by atoms with Crippen LogP contribution in [-0.4, -0.2) is 10.6 Å². The van der Waals surface area contributed by atoms with Gasteiger partial charge in [-0.2, -0.15) is 0 Å². The molecule has 0 heterocycles. The summed E-state index contributed by atoms with van der Waals surface area (Å²) in [6, 6.07) is 6.15. The van der Waals surface area contributed by atoms with Gasteiger partial charge in [-0.05, 0) is 6.42 Å². The number of nitro benzene ring substituents is 1. The van der Waals surface area contributed by atoms with Crippen LogP contribution in [0, 0.1) is 15.5 Å². The molecule has 0 fully saturated rings. The Kier molecular flexibility index (Phi) is 2.74. The average molecular weight is 178 g/mol. The minimum Gasteiger partial charge on any atom is -0.305 e. The van der Waals surface area contributed by atoms with Gasteiger partial charge >= 0.3 is 0 Å². The molecule has 68 valence electrons. The number of hydrogen-bond donors (Lipinski definition) is 1. The molecule has 0 spiro atoms. The van der Waals surface area contributed by atoms with Gasteiger partial charge in [0.1, 0.15) is 0 Å². The molecule has 0 aliphatic rings. The van der Waals surface area contributed by atoms with E-state index < -0.39 is 4.92 Å². The average Bonchev–Trinajstić information content (AvgIpc) is 2.17. The summed E-state index contributed by atoms with van der Waals surface area (Å²) in [5.41, 5.74) is 1.08. The maximum Gasteiger partial charge on any atom is 0.270 e. The van der Waals surface area contributed by atoms with E-state index in [0.717, 1.165) is 0 Å². The van der Waals surface area contributed by atoms with Gasteiger partial charge in [0.05, 0.1) is 4.92 Å². The highest BCUT2D eigenvalue weighted by Gasteiger charge is 2.06. The van der Waals surface area contributed by atoms with Gasteiger partial charge in [0.25, 0.3) is 5.69 Å². The quantitative estimate of drug-likeness (QED) is 0.438. The Morgan fingerprint density at radius 3 is 2.85 bits per heavy atom. The second-order valence-corrected chi connectivity index (χ2v) is 2.64. The minimum atomic E-state index is -0.452. The number of rotatable bonds is 3. The Balaban J connectivity index is 3.05. The molecule has 0 aromatic heterocycles. The Labute approximate surface area is 75.9 Å². The smallest absolute Gasteiger partial charge is 0.270 e. The molecule has 1 rings (SSSR count). The van der Waals surface area contributed by atoms with Gasteiger partial charge < -0.3 is 5.41 Å². The fraction of sp³-hybridized carbons (Fsp3) is 0.222. The summed E-state index contributed by atoms with van der Waals surface area (Å²) in [4.78, 5) is 9.95. The predicted molar refractivity (Wildman–Crippen MR) is 50.2 cm³/mol. The molecule has 4 nitrogen and oxygen atoms in total. The number of hydrogen-bond acceptors (Lipinski definition) is 3. The highest BCUT2D eigenvalue weighted by Crippen LogP contribution is 2.14. The topological polar surface area (TPSA) is 67.0 Å². The van der Waals surface area contributed by atoms with E-state index in [1.807, 2.05) is 6.92 Å². The Bertz CT molecular complexity index is 347.